The first-order valence-electron chi connectivity index (χ1n) is 19.6. The molecule has 0 aromatic heterocycles. The molecule has 0 saturated heterocycles. The molecular weight excluding hydrogens is 663 g/mol. The monoisotopic (exact) mass is 705 g/mol. The first-order chi connectivity index (χ1) is 27.0. The summed E-state index contributed by atoms with van der Waals surface area (Å²) in [6.45, 7) is 7.25. The van der Waals surface area contributed by atoms with Crippen molar-refractivity contribution in [1.29, 1.82) is 0 Å². The maximum atomic E-state index is 2.57. The highest BCUT2D eigenvalue weighted by molar-refractivity contribution is 6.05. The van der Waals surface area contributed by atoms with Crippen molar-refractivity contribution in [2.24, 2.45) is 5.92 Å². The minimum atomic E-state index is -0.0466. The van der Waals surface area contributed by atoms with Crippen LogP contribution in [0.3, 0.4) is 0 Å². The molecule has 2 aliphatic carbocycles. The molecule has 0 N–H and O–H groups in total. The Morgan fingerprint density at radius 1 is 0.436 bits per heavy atom. The van der Waals surface area contributed by atoms with E-state index < -0.39 is 0 Å². The molecule has 10 rings (SSSR count). The van der Waals surface area contributed by atoms with Gasteiger partial charge in [0.1, 0.15) is 0 Å². The van der Waals surface area contributed by atoms with E-state index in [9.17, 15) is 0 Å². The first-order valence-corrected chi connectivity index (χ1v) is 19.6. The molecule has 0 amide bonds. The van der Waals surface area contributed by atoms with Gasteiger partial charge in [0.05, 0.1) is 6.04 Å². The molecule has 2 atom stereocenters. The Bertz CT molecular complexity index is 2780. The molecule has 0 heterocycles. The van der Waals surface area contributed by atoms with Crippen molar-refractivity contribution in [3.8, 4) is 33.4 Å². The second-order valence-electron chi connectivity index (χ2n) is 15.7. The molecule has 8 aromatic carbocycles. The van der Waals surface area contributed by atoms with Crippen LogP contribution in [0.2, 0.25) is 0 Å². The molecule has 0 bridgehead atoms. The average Bonchev–Trinajstić information content (AvgIpc) is 3.48. The smallest absolute Gasteiger partial charge is 0.0588 e. The Morgan fingerprint density at radius 2 is 0.927 bits per heavy atom. The van der Waals surface area contributed by atoms with Crippen LogP contribution < -0.4 is 4.90 Å². The summed E-state index contributed by atoms with van der Waals surface area (Å²) in [5.41, 5.74) is 15.5. The summed E-state index contributed by atoms with van der Waals surface area (Å²) in [5.74, 6) is 0.286. The van der Waals surface area contributed by atoms with Gasteiger partial charge >= 0.3 is 0 Å². The van der Waals surface area contributed by atoms with Crippen LogP contribution in [0.15, 0.2) is 200 Å². The van der Waals surface area contributed by atoms with E-state index in [2.05, 4.69) is 220 Å². The number of hydrogen-bond acceptors (Lipinski definition) is 1. The van der Waals surface area contributed by atoms with Crippen molar-refractivity contribution in [3.63, 3.8) is 0 Å². The zero-order valence-electron chi connectivity index (χ0n) is 31.6. The normalized spacial score (nSPS) is 17.0. The van der Waals surface area contributed by atoms with Crippen molar-refractivity contribution in [1.82, 2.24) is 0 Å². The van der Waals surface area contributed by atoms with E-state index in [0.717, 1.165) is 0 Å². The number of hydrogen-bond donors (Lipinski definition) is 0. The van der Waals surface area contributed by atoms with E-state index in [1.54, 1.807) is 0 Å². The molecule has 1 nitrogen and oxygen atoms in total. The van der Waals surface area contributed by atoms with Gasteiger partial charge in [-0.3, -0.25) is 0 Å². The van der Waals surface area contributed by atoms with Crippen LogP contribution in [-0.4, -0.2) is 6.04 Å². The van der Waals surface area contributed by atoms with Crippen LogP contribution in [0.1, 0.15) is 31.9 Å². The average molecular weight is 706 g/mol. The molecule has 2 aliphatic rings. The van der Waals surface area contributed by atoms with E-state index >= 15 is 0 Å². The molecule has 0 saturated carbocycles. The Hall–Kier alpha value is -6.44. The fourth-order valence-corrected chi connectivity index (χ4v) is 9.72. The van der Waals surface area contributed by atoms with E-state index in [0.29, 0.717) is 0 Å². The van der Waals surface area contributed by atoms with Gasteiger partial charge in [0, 0.05) is 22.7 Å². The van der Waals surface area contributed by atoms with Crippen molar-refractivity contribution < 1.29 is 0 Å². The van der Waals surface area contributed by atoms with E-state index in [1.165, 1.54) is 88.6 Å². The molecule has 8 aromatic rings. The topological polar surface area (TPSA) is 3.24 Å². The molecular formula is C54H43N. The number of allylic oxidation sites excluding steroid dienone is 2. The van der Waals surface area contributed by atoms with Crippen LogP contribution in [0.25, 0.3) is 60.5 Å². The number of rotatable bonds is 6. The Labute approximate surface area is 324 Å². The van der Waals surface area contributed by atoms with Gasteiger partial charge in [0.2, 0.25) is 0 Å². The van der Waals surface area contributed by atoms with Crippen molar-refractivity contribution in [2.75, 3.05) is 4.90 Å². The van der Waals surface area contributed by atoms with Gasteiger partial charge in [0.25, 0.3) is 0 Å². The Balaban J connectivity index is 1.06. The lowest BCUT2D eigenvalue weighted by Crippen LogP contribution is -2.40. The van der Waals surface area contributed by atoms with Crippen molar-refractivity contribution in [2.45, 2.75) is 32.2 Å². The lowest BCUT2D eigenvalue weighted by atomic mass is 9.72. The number of nitrogens with zero attached hydrogens (tertiary/aromatic N) is 1. The minimum absolute atomic E-state index is 0.0466. The Kier molecular flexibility index (Phi) is 7.92. The summed E-state index contributed by atoms with van der Waals surface area (Å²) in [7, 11) is 0. The van der Waals surface area contributed by atoms with Crippen molar-refractivity contribution >= 4 is 38.5 Å². The van der Waals surface area contributed by atoms with Crippen LogP contribution in [0, 0.1) is 5.92 Å². The quantitative estimate of drug-likeness (QED) is 0.166. The van der Waals surface area contributed by atoms with E-state index in [1.807, 2.05) is 0 Å². The fraction of sp³-hybridized carbons (Fsp3) is 0.111. The summed E-state index contributed by atoms with van der Waals surface area (Å²) in [4.78, 5) is 2.57. The molecule has 0 radical (unpaired) electrons. The summed E-state index contributed by atoms with van der Waals surface area (Å²) >= 11 is 0. The third kappa shape index (κ3) is 5.45. The van der Waals surface area contributed by atoms with Crippen molar-refractivity contribution in [3.05, 3.63) is 211 Å². The summed E-state index contributed by atoms with van der Waals surface area (Å²) in [5, 5.41) is 5.08. The van der Waals surface area contributed by atoms with Gasteiger partial charge in [-0.1, -0.05) is 191 Å². The highest BCUT2D eigenvalue weighted by atomic mass is 15.2. The Morgan fingerprint density at radius 3 is 1.58 bits per heavy atom. The zero-order chi connectivity index (χ0) is 37.1. The van der Waals surface area contributed by atoms with Crippen LogP contribution in [-0.2, 0) is 5.41 Å². The standard InChI is InChI=1S/C54H43N/c1-36-52(35-34-50-49-21-11-12-23-51(49)54(2,3)53(36)50)55(41-28-24-39(25-29-41)44-22-13-17-38-16-7-8-18-43(38)44)42-30-26-40(27-31-42)46-33-32-45(37-14-5-4-6-15-37)47-19-9-10-20-48(46)47/h4-36,52H,1-3H3/t36-,52?/m1/s1. The molecule has 55 heavy (non-hydrogen) atoms. The molecule has 1 unspecified atom stereocenters. The van der Waals surface area contributed by atoms with Gasteiger partial charge in [-0.15, -0.1) is 0 Å². The number of anilines is 2. The predicted octanol–water partition coefficient (Wildman–Crippen LogP) is 14.5. The zero-order valence-corrected chi connectivity index (χ0v) is 31.6. The lowest BCUT2D eigenvalue weighted by Gasteiger charge is -2.41. The second kappa shape index (κ2) is 13.1. The molecule has 0 spiro atoms. The SMILES string of the molecule is C[C@H]1C2=C(C=CC1N(c1ccc(-c3cccc4ccccc34)cc1)c1ccc(-c3ccc(-c4ccccc4)c4ccccc34)cc1)c1ccccc1C2(C)C. The number of benzene rings is 8. The molecule has 264 valence electrons. The van der Waals surface area contributed by atoms with Gasteiger partial charge in [-0.25, -0.2) is 0 Å². The summed E-state index contributed by atoms with van der Waals surface area (Å²) < 4.78 is 0. The molecule has 0 fully saturated rings. The summed E-state index contributed by atoms with van der Waals surface area (Å²) in [6, 6.07) is 67.0. The predicted molar refractivity (Wildman–Crippen MR) is 235 cm³/mol. The largest absolute Gasteiger partial charge is 0.334 e. The van der Waals surface area contributed by atoms with Gasteiger partial charge in [0.15, 0.2) is 0 Å². The minimum Gasteiger partial charge on any atom is -0.334 e. The lowest BCUT2D eigenvalue weighted by molar-refractivity contribution is 0.488. The van der Waals surface area contributed by atoms with E-state index in [4.69, 9.17) is 0 Å². The van der Waals surface area contributed by atoms with Gasteiger partial charge < -0.3 is 4.90 Å². The second-order valence-corrected chi connectivity index (χ2v) is 15.7. The third-order valence-corrected chi connectivity index (χ3v) is 12.3. The molecule has 0 aliphatic heterocycles. The highest BCUT2D eigenvalue weighted by Crippen LogP contribution is 2.53. The van der Waals surface area contributed by atoms with Gasteiger partial charge in [-0.05, 0) is 101 Å². The molecule has 1 heteroatoms. The van der Waals surface area contributed by atoms with Crippen LogP contribution in [0.4, 0.5) is 11.4 Å². The maximum Gasteiger partial charge on any atom is 0.0588 e. The number of fused-ring (bicyclic) bond motifs is 4. The van der Waals surface area contributed by atoms with Crippen LogP contribution >= 0.6 is 0 Å². The fourth-order valence-electron chi connectivity index (χ4n) is 9.72. The first kappa shape index (κ1) is 33.2. The highest BCUT2D eigenvalue weighted by Gasteiger charge is 2.44. The van der Waals surface area contributed by atoms with E-state index in [-0.39, 0.29) is 17.4 Å². The van der Waals surface area contributed by atoms with Gasteiger partial charge in [-0.2, -0.15) is 0 Å². The maximum absolute atomic E-state index is 2.57. The van der Waals surface area contributed by atoms with Crippen LogP contribution in [0.5, 0.6) is 0 Å². The third-order valence-electron chi connectivity index (χ3n) is 12.3. The summed E-state index contributed by atoms with van der Waals surface area (Å²) in [6.07, 6.45) is 4.85.